The number of anilines is 1. The van der Waals surface area contributed by atoms with Gasteiger partial charge in [0.15, 0.2) is 6.10 Å². The van der Waals surface area contributed by atoms with E-state index < -0.39 is 42.4 Å². The van der Waals surface area contributed by atoms with Crippen LogP contribution in [0.25, 0.3) is 0 Å². The van der Waals surface area contributed by atoms with Crippen molar-refractivity contribution in [1.82, 2.24) is 4.90 Å². The summed E-state index contributed by atoms with van der Waals surface area (Å²) >= 11 is 0. The number of hydrogen-bond donors (Lipinski definition) is 2. The Morgan fingerprint density at radius 2 is 1.76 bits per heavy atom. The molecule has 10 heteroatoms. The molecule has 1 atom stereocenters. The van der Waals surface area contributed by atoms with E-state index in [-0.39, 0.29) is 24.6 Å². The number of carbonyl (C=O) groups is 3. The molecular weight excluding hydrogens is 393 g/mol. The molecule has 29 heavy (non-hydrogen) atoms. The lowest BCUT2D eigenvalue weighted by Crippen LogP contribution is -2.45. The van der Waals surface area contributed by atoms with Gasteiger partial charge in [0, 0.05) is 12.2 Å². The predicted molar refractivity (Wildman–Crippen MR) is 99.3 cm³/mol. The number of halogens is 3. The van der Waals surface area contributed by atoms with Gasteiger partial charge in [-0.3, -0.25) is 14.9 Å². The first-order valence-corrected chi connectivity index (χ1v) is 9.09. The minimum absolute atomic E-state index is 0.0314. The Kier molecular flexibility index (Phi) is 8.93. The van der Waals surface area contributed by atoms with Crippen molar-refractivity contribution in [3.63, 3.8) is 0 Å². The van der Waals surface area contributed by atoms with E-state index in [4.69, 9.17) is 9.84 Å². The van der Waals surface area contributed by atoms with Crippen LogP contribution in [0.4, 0.5) is 23.7 Å². The van der Waals surface area contributed by atoms with Crippen molar-refractivity contribution in [3.8, 4) is 0 Å². The van der Waals surface area contributed by atoms with Crippen LogP contribution in [0.1, 0.15) is 39.2 Å². The van der Waals surface area contributed by atoms with Crippen LogP contribution in [0.15, 0.2) is 24.3 Å². The summed E-state index contributed by atoms with van der Waals surface area (Å²) in [6.45, 7) is 5.05. The molecule has 0 fully saturated rings. The van der Waals surface area contributed by atoms with Gasteiger partial charge >= 0.3 is 18.2 Å². The summed E-state index contributed by atoms with van der Waals surface area (Å²) < 4.78 is 43.0. The van der Waals surface area contributed by atoms with Gasteiger partial charge < -0.3 is 14.7 Å². The average Bonchev–Trinajstić information content (AvgIpc) is 2.59. The highest BCUT2D eigenvalue weighted by atomic mass is 19.4. The fourth-order valence-corrected chi connectivity index (χ4v) is 2.55. The molecule has 0 radical (unpaired) electrons. The van der Waals surface area contributed by atoms with Crippen molar-refractivity contribution in [2.24, 2.45) is 5.92 Å². The third-order valence-corrected chi connectivity index (χ3v) is 3.80. The second kappa shape index (κ2) is 10.7. The number of ether oxygens (including phenoxy) is 1. The molecule has 0 spiro atoms. The molecule has 2 N–H and O–H groups in total. The number of carbonyl (C=O) groups excluding carboxylic acids is 2. The molecule has 0 aliphatic carbocycles. The van der Waals surface area contributed by atoms with Crippen LogP contribution in [0.5, 0.6) is 0 Å². The Labute approximate surface area is 166 Å². The first kappa shape index (κ1) is 24.3. The fourth-order valence-electron chi connectivity index (χ4n) is 2.55. The maximum Gasteiger partial charge on any atom is 0.416 e. The van der Waals surface area contributed by atoms with Crippen LogP contribution in [-0.4, -0.2) is 47.2 Å². The van der Waals surface area contributed by atoms with Crippen molar-refractivity contribution < 1.29 is 37.4 Å². The summed E-state index contributed by atoms with van der Waals surface area (Å²) in [5, 5.41) is 11.3. The molecule has 1 rings (SSSR count). The quantitative estimate of drug-likeness (QED) is 0.632. The Hall–Kier alpha value is -2.78. The van der Waals surface area contributed by atoms with Gasteiger partial charge in [0.25, 0.3) is 5.91 Å². The van der Waals surface area contributed by atoms with E-state index in [0.717, 1.165) is 29.2 Å². The van der Waals surface area contributed by atoms with Crippen LogP contribution in [-0.2, 0) is 20.5 Å². The van der Waals surface area contributed by atoms with Gasteiger partial charge in [0.1, 0.15) is 6.54 Å². The summed E-state index contributed by atoms with van der Waals surface area (Å²) in [5.41, 5.74) is -0.803. The lowest BCUT2D eigenvalue weighted by molar-refractivity contribution is -0.149. The molecule has 1 aromatic carbocycles. The van der Waals surface area contributed by atoms with E-state index in [1.165, 1.54) is 0 Å². The first-order valence-electron chi connectivity index (χ1n) is 9.09. The van der Waals surface area contributed by atoms with E-state index in [2.05, 4.69) is 5.32 Å². The average molecular weight is 418 g/mol. The molecule has 1 aromatic rings. The number of benzene rings is 1. The molecule has 0 saturated carbocycles. The van der Waals surface area contributed by atoms with Crippen molar-refractivity contribution in [2.75, 3.05) is 18.4 Å². The molecule has 0 aromatic heterocycles. The van der Waals surface area contributed by atoms with E-state index in [0.29, 0.717) is 6.42 Å². The number of rotatable bonds is 9. The molecule has 1 unspecified atom stereocenters. The number of alkyl halides is 3. The van der Waals surface area contributed by atoms with E-state index in [1.807, 2.05) is 0 Å². The van der Waals surface area contributed by atoms with Crippen LogP contribution < -0.4 is 5.32 Å². The van der Waals surface area contributed by atoms with Crippen molar-refractivity contribution in [3.05, 3.63) is 29.8 Å². The van der Waals surface area contributed by atoms with Gasteiger partial charge in [-0.1, -0.05) is 20.8 Å². The first-order chi connectivity index (χ1) is 13.4. The Morgan fingerprint density at radius 1 is 1.17 bits per heavy atom. The smallest absolute Gasteiger partial charge is 0.416 e. The summed E-state index contributed by atoms with van der Waals surface area (Å²) in [6.07, 6.45) is -6.05. The van der Waals surface area contributed by atoms with Gasteiger partial charge in [0.2, 0.25) is 0 Å². The lowest BCUT2D eigenvalue weighted by atomic mass is 10.0. The minimum atomic E-state index is -4.50. The molecule has 2 amide bonds. The monoisotopic (exact) mass is 418 g/mol. The Morgan fingerprint density at radius 3 is 2.21 bits per heavy atom. The van der Waals surface area contributed by atoms with Gasteiger partial charge in [-0.05, 0) is 43.0 Å². The highest BCUT2D eigenvalue weighted by molar-refractivity contribution is 5.90. The lowest BCUT2D eigenvalue weighted by Gasteiger charge is -2.26. The van der Waals surface area contributed by atoms with Crippen LogP contribution >= 0.6 is 0 Å². The standard InChI is InChI=1S/C19H25F3N2O5/c1-4-9-24(11-16(25)26)17(27)15(10-12(2)3)29-18(28)23-14-7-5-13(6-8-14)19(20,21)22/h5-8,12,15H,4,9-11H2,1-3H3,(H,23,28)(H,25,26). The largest absolute Gasteiger partial charge is 0.480 e. The van der Waals surface area contributed by atoms with Gasteiger partial charge in [-0.15, -0.1) is 0 Å². The molecule has 0 aliphatic heterocycles. The molecule has 0 heterocycles. The van der Waals surface area contributed by atoms with Crippen LogP contribution in [0, 0.1) is 5.92 Å². The number of nitrogens with one attached hydrogen (secondary N) is 1. The molecule has 7 nitrogen and oxygen atoms in total. The number of nitrogens with zero attached hydrogens (tertiary/aromatic N) is 1. The molecule has 0 aliphatic rings. The van der Waals surface area contributed by atoms with E-state index >= 15 is 0 Å². The number of aliphatic carboxylic acids is 1. The normalized spacial score (nSPS) is 12.4. The fraction of sp³-hybridized carbons (Fsp3) is 0.526. The molecule has 0 saturated heterocycles. The number of carboxylic acid groups (broad SMARTS) is 1. The number of hydrogen-bond acceptors (Lipinski definition) is 4. The maximum absolute atomic E-state index is 12.7. The van der Waals surface area contributed by atoms with Gasteiger partial charge in [-0.2, -0.15) is 13.2 Å². The second-order valence-electron chi connectivity index (χ2n) is 6.88. The SMILES string of the molecule is CCCN(CC(=O)O)C(=O)C(CC(C)C)OC(=O)Nc1ccc(C(F)(F)F)cc1. The van der Waals surface area contributed by atoms with Gasteiger partial charge in [-0.25, -0.2) is 4.79 Å². The zero-order valence-electron chi connectivity index (χ0n) is 16.5. The van der Waals surface area contributed by atoms with E-state index in [1.54, 1.807) is 20.8 Å². The van der Waals surface area contributed by atoms with E-state index in [9.17, 15) is 27.6 Å². The highest BCUT2D eigenvalue weighted by Gasteiger charge is 2.31. The zero-order valence-corrected chi connectivity index (χ0v) is 16.5. The Balaban J connectivity index is 2.86. The minimum Gasteiger partial charge on any atom is -0.480 e. The van der Waals surface area contributed by atoms with Crippen LogP contribution in [0.2, 0.25) is 0 Å². The third-order valence-electron chi connectivity index (χ3n) is 3.80. The van der Waals surface area contributed by atoms with Crippen molar-refractivity contribution in [2.45, 2.75) is 45.9 Å². The maximum atomic E-state index is 12.7. The molecular formula is C19H25F3N2O5. The zero-order chi connectivity index (χ0) is 22.2. The Bertz CT molecular complexity index is 705. The summed E-state index contributed by atoms with van der Waals surface area (Å²) in [5.74, 6) is -1.86. The van der Waals surface area contributed by atoms with Crippen LogP contribution in [0.3, 0.4) is 0 Å². The number of amides is 2. The van der Waals surface area contributed by atoms with Crippen molar-refractivity contribution >= 4 is 23.7 Å². The number of carboxylic acids is 1. The highest BCUT2D eigenvalue weighted by Crippen LogP contribution is 2.29. The molecule has 162 valence electrons. The summed E-state index contributed by atoms with van der Waals surface area (Å²) in [4.78, 5) is 36.9. The third kappa shape index (κ3) is 8.41. The predicted octanol–water partition coefficient (Wildman–Crippen LogP) is 3.99. The van der Waals surface area contributed by atoms with Gasteiger partial charge in [0.05, 0.1) is 5.56 Å². The summed E-state index contributed by atoms with van der Waals surface area (Å²) in [6, 6.07) is 3.75. The summed E-state index contributed by atoms with van der Waals surface area (Å²) in [7, 11) is 0. The topological polar surface area (TPSA) is 95.9 Å². The molecule has 0 bridgehead atoms. The van der Waals surface area contributed by atoms with Crippen molar-refractivity contribution in [1.29, 1.82) is 0 Å². The second-order valence-corrected chi connectivity index (χ2v) is 6.88.